The fourth-order valence-electron chi connectivity index (χ4n) is 4.38. The van der Waals surface area contributed by atoms with Gasteiger partial charge in [-0.2, -0.15) is 0 Å². The largest absolute Gasteiger partial charge is 0.495 e. The Balaban J connectivity index is 1.42. The third-order valence-electron chi connectivity index (χ3n) is 5.61. The van der Waals surface area contributed by atoms with Gasteiger partial charge in [-0.05, 0) is 43.2 Å². The molecule has 1 saturated heterocycles. The number of methoxy groups -OCH3 is 1. The fraction of sp³-hybridized carbons (Fsp3) is 0.556. The van der Waals surface area contributed by atoms with Crippen molar-refractivity contribution in [3.63, 3.8) is 0 Å². The first kappa shape index (κ1) is 14.5. The molecule has 1 aromatic carbocycles. The van der Waals surface area contributed by atoms with Gasteiger partial charge in [0, 0.05) is 12.5 Å². The van der Waals surface area contributed by atoms with Crippen LogP contribution in [-0.2, 0) is 9.59 Å². The predicted molar refractivity (Wildman–Crippen MR) is 86.2 cm³/mol. The summed E-state index contributed by atoms with van der Waals surface area (Å²) in [7, 11) is 1.60. The summed E-state index contributed by atoms with van der Waals surface area (Å²) in [6.07, 6.45) is 4.26. The van der Waals surface area contributed by atoms with Crippen molar-refractivity contribution in [3.8, 4) is 5.75 Å². The second-order valence-electron chi connectivity index (χ2n) is 6.80. The smallest absolute Gasteiger partial charge is 0.249 e. The van der Waals surface area contributed by atoms with Gasteiger partial charge in [0.1, 0.15) is 11.8 Å². The molecule has 4 atom stereocenters. The molecule has 1 heterocycles. The molecular formula is C18H22N2O3. The average molecular weight is 314 g/mol. The van der Waals surface area contributed by atoms with E-state index in [1.807, 2.05) is 24.3 Å². The minimum Gasteiger partial charge on any atom is -0.495 e. The van der Waals surface area contributed by atoms with Gasteiger partial charge in [0.05, 0.1) is 12.8 Å². The second-order valence-corrected chi connectivity index (χ2v) is 6.80. The molecule has 122 valence electrons. The molecule has 0 radical (unpaired) electrons. The normalized spacial score (nSPS) is 31.9. The molecule has 1 unspecified atom stereocenters. The van der Waals surface area contributed by atoms with Crippen LogP contribution in [0.3, 0.4) is 0 Å². The minimum absolute atomic E-state index is 0.0336. The van der Waals surface area contributed by atoms with Gasteiger partial charge in [0.2, 0.25) is 11.8 Å². The molecule has 1 N–H and O–H groups in total. The number of rotatable bonds is 4. The van der Waals surface area contributed by atoms with E-state index in [9.17, 15) is 9.59 Å². The fourth-order valence-corrected chi connectivity index (χ4v) is 4.38. The maximum absolute atomic E-state index is 12.7. The van der Waals surface area contributed by atoms with Crippen LogP contribution in [0.15, 0.2) is 24.3 Å². The van der Waals surface area contributed by atoms with Crippen LogP contribution in [0.25, 0.3) is 0 Å². The molecule has 0 aromatic heterocycles. The number of hydrogen-bond acceptors (Lipinski definition) is 3. The van der Waals surface area contributed by atoms with Crippen molar-refractivity contribution in [2.75, 3.05) is 18.6 Å². The van der Waals surface area contributed by atoms with Crippen molar-refractivity contribution in [2.45, 2.75) is 31.7 Å². The van der Waals surface area contributed by atoms with E-state index in [2.05, 4.69) is 5.32 Å². The van der Waals surface area contributed by atoms with Gasteiger partial charge >= 0.3 is 0 Å². The lowest BCUT2D eigenvalue weighted by atomic mass is 10.1. The van der Waals surface area contributed by atoms with E-state index in [1.165, 1.54) is 19.3 Å². The number of hydrogen-bond donors (Lipinski definition) is 1. The molecule has 3 aliphatic rings. The number of para-hydroxylation sites is 2. The molecule has 1 aliphatic heterocycles. The van der Waals surface area contributed by atoms with Gasteiger partial charge in [-0.3, -0.25) is 9.59 Å². The Morgan fingerprint density at radius 2 is 1.96 bits per heavy atom. The molecule has 0 bridgehead atoms. The summed E-state index contributed by atoms with van der Waals surface area (Å²) in [5.41, 5.74) is 0.778. The standard InChI is InChI=1S/C18H22N2O3/c1-23-15-8-3-2-7-14(15)20-10-9-13(18(20)22)19-17(21)16-11-5-4-6-12(11)16/h2-3,7-8,11-13,16H,4-6,9-10H2,1H3,(H,19,21)/t11-,12+,13-,16?/m0/s1. The maximum atomic E-state index is 12.7. The first-order valence-electron chi connectivity index (χ1n) is 8.45. The SMILES string of the molecule is COc1ccccc1N1CC[C@H](NC(=O)C2[C@H]3CCC[C@@H]23)C1=O. The van der Waals surface area contributed by atoms with Crippen LogP contribution in [0.1, 0.15) is 25.7 Å². The third kappa shape index (κ3) is 2.38. The van der Waals surface area contributed by atoms with Crippen LogP contribution < -0.4 is 15.0 Å². The summed E-state index contributed by atoms with van der Waals surface area (Å²) in [4.78, 5) is 26.8. The Labute approximate surface area is 136 Å². The lowest BCUT2D eigenvalue weighted by Crippen LogP contribution is -2.42. The Kier molecular flexibility index (Phi) is 3.51. The van der Waals surface area contributed by atoms with Crippen LogP contribution in [0, 0.1) is 17.8 Å². The molecule has 5 heteroatoms. The number of benzene rings is 1. The highest BCUT2D eigenvalue weighted by molar-refractivity contribution is 6.02. The number of carbonyl (C=O) groups excluding carboxylic acids is 2. The topological polar surface area (TPSA) is 58.6 Å². The van der Waals surface area contributed by atoms with E-state index in [0.717, 1.165) is 5.69 Å². The van der Waals surface area contributed by atoms with Gasteiger partial charge in [0.15, 0.2) is 0 Å². The van der Waals surface area contributed by atoms with Crippen molar-refractivity contribution in [1.29, 1.82) is 0 Å². The summed E-state index contributed by atoms with van der Waals surface area (Å²) in [5, 5.41) is 2.99. The van der Waals surface area contributed by atoms with Gasteiger partial charge in [-0.1, -0.05) is 18.6 Å². The molecule has 5 nitrogen and oxygen atoms in total. The van der Waals surface area contributed by atoms with Crippen molar-refractivity contribution in [2.24, 2.45) is 17.8 Å². The van der Waals surface area contributed by atoms with Gasteiger partial charge in [0.25, 0.3) is 0 Å². The highest BCUT2D eigenvalue weighted by Gasteiger charge is 2.57. The van der Waals surface area contributed by atoms with E-state index in [-0.39, 0.29) is 17.7 Å². The van der Waals surface area contributed by atoms with E-state index in [1.54, 1.807) is 12.0 Å². The third-order valence-corrected chi connectivity index (χ3v) is 5.61. The number of amides is 2. The van der Waals surface area contributed by atoms with Crippen molar-refractivity contribution in [3.05, 3.63) is 24.3 Å². The van der Waals surface area contributed by atoms with Crippen LogP contribution in [0.5, 0.6) is 5.75 Å². The Bertz CT molecular complexity index is 635. The molecule has 1 aromatic rings. The predicted octanol–water partition coefficient (Wildman–Crippen LogP) is 1.96. The molecule has 0 spiro atoms. The monoisotopic (exact) mass is 314 g/mol. The molecule has 2 saturated carbocycles. The summed E-state index contributed by atoms with van der Waals surface area (Å²) < 4.78 is 5.34. The highest BCUT2D eigenvalue weighted by atomic mass is 16.5. The summed E-state index contributed by atoms with van der Waals surface area (Å²) >= 11 is 0. The van der Waals surface area contributed by atoms with Crippen molar-refractivity contribution in [1.82, 2.24) is 5.32 Å². The van der Waals surface area contributed by atoms with Gasteiger partial charge in [-0.25, -0.2) is 0 Å². The zero-order chi connectivity index (χ0) is 16.0. The first-order valence-corrected chi connectivity index (χ1v) is 8.45. The number of nitrogens with one attached hydrogen (secondary N) is 1. The van der Waals surface area contributed by atoms with Crippen LogP contribution in [0.2, 0.25) is 0 Å². The van der Waals surface area contributed by atoms with Gasteiger partial charge < -0.3 is 15.0 Å². The molecule has 23 heavy (non-hydrogen) atoms. The molecule has 2 amide bonds. The Morgan fingerprint density at radius 3 is 2.70 bits per heavy atom. The number of anilines is 1. The number of nitrogens with zero attached hydrogens (tertiary/aromatic N) is 1. The van der Waals surface area contributed by atoms with E-state index in [4.69, 9.17) is 4.74 Å². The number of carbonyl (C=O) groups is 2. The van der Waals surface area contributed by atoms with Crippen molar-refractivity contribution < 1.29 is 14.3 Å². The van der Waals surface area contributed by atoms with E-state index >= 15 is 0 Å². The summed E-state index contributed by atoms with van der Waals surface area (Å²) in [6, 6.07) is 7.11. The van der Waals surface area contributed by atoms with Crippen LogP contribution >= 0.6 is 0 Å². The van der Waals surface area contributed by atoms with E-state index in [0.29, 0.717) is 30.6 Å². The lowest BCUT2D eigenvalue weighted by molar-refractivity contribution is -0.127. The van der Waals surface area contributed by atoms with Crippen LogP contribution in [0.4, 0.5) is 5.69 Å². The summed E-state index contributed by atoms with van der Waals surface area (Å²) in [5.74, 6) is 2.06. The Morgan fingerprint density at radius 1 is 1.22 bits per heavy atom. The quantitative estimate of drug-likeness (QED) is 0.924. The number of fused-ring (bicyclic) bond motifs is 1. The molecule has 2 aliphatic carbocycles. The zero-order valence-corrected chi connectivity index (χ0v) is 13.3. The molecule has 3 fully saturated rings. The lowest BCUT2D eigenvalue weighted by Gasteiger charge is -2.19. The number of ether oxygens (including phenoxy) is 1. The second kappa shape index (κ2) is 5.55. The van der Waals surface area contributed by atoms with E-state index < -0.39 is 6.04 Å². The average Bonchev–Trinajstić information content (AvgIpc) is 2.89. The molecular weight excluding hydrogens is 292 g/mol. The Hall–Kier alpha value is -2.04. The van der Waals surface area contributed by atoms with Crippen LogP contribution in [-0.4, -0.2) is 31.5 Å². The first-order chi connectivity index (χ1) is 11.2. The molecule has 4 rings (SSSR count). The van der Waals surface area contributed by atoms with Gasteiger partial charge in [-0.15, -0.1) is 0 Å². The zero-order valence-electron chi connectivity index (χ0n) is 13.3. The maximum Gasteiger partial charge on any atom is 0.249 e. The minimum atomic E-state index is -0.395. The highest BCUT2D eigenvalue weighted by Crippen LogP contribution is 2.57. The summed E-state index contributed by atoms with van der Waals surface area (Å²) in [6.45, 7) is 0.613. The van der Waals surface area contributed by atoms with Crippen molar-refractivity contribution >= 4 is 17.5 Å².